The first-order valence-electron chi connectivity index (χ1n) is 9.30. The number of amides is 2. The van der Waals surface area contributed by atoms with Gasteiger partial charge in [-0.15, -0.1) is 0 Å². The van der Waals surface area contributed by atoms with E-state index in [9.17, 15) is 9.59 Å². The summed E-state index contributed by atoms with van der Waals surface area (Å²) in [5.41, 5.74) is 1.50. The molecule has 0 aliphatic carbocycles. The number of aromatic nitrogens is 2. The van der Waals surface area contributed by atoms with Crippen molar-refractivity contribution in [1.82, 2.24) is 20.4 Å². The van der Waals surface area contributed by atoms with Gasteiger partial charge in [-0.1, -0.05) is 13.0 Å². The van der Waals surface area contributed by atoms with Crippen LogP contribution in [0.5, 0.6) is 0 Å². The zero-order valence-corrected chi connectivity index (χ0v) is 14.9. The fourth-order valence-corrected chi connectivity index (χ4v) is 4.05. The molecule has 4 rings (SSSR count). The molecule has 2 N–H and O–H groups in total. The predicted octanol–water partition coefficient (Wildman–Crippen LogP) is 1.71. The predicted molar refractivity (Wildman–Crippen MR) is 96.7 cm³/mol. The van der Waals surface area contributed by atoms with Crippen LogP contribution in [0.4, 0.5) is 0 Å². The lowest BCUT2D eigenvalue weighted by molar-refractivity contribution is -0.127. The number of H-pyrrole nitrogens is 1. The average Bonchev–Trinajstić information content (AvgIpc) is 3.39. The first-order chi connectivity index (χ1) is 12.7. The average molecular weight is 356 g/mol. The second kappa shape index (κ2) is 7.07. The van der Waals surface area contributed by atoms with Gasteiger partial charge < -0.3 is 15.0 Å². The van der Waals surface area contributed by atoms with Gasteiger partial charge in [0, 0.05) is 31.1 Å². The molecule has 2 aliphatic heterocycles. The standard InChI is InChI=1S/C19H24N4O3/c1-2-17-14(7-9-26-17)18(24)21-12-6-8-23(11-12)19(25)13-4-3-5-16-15(13)10-20-22-16/h3-5,10,12,14,17H,2,6-9,11H2,1H3,(H,20,22)(H,21,24)/t12?,14-,17+/m1/s1. The fourth-order valence-electron chi connectivity index (χ4n) is 4.05. The summed E-state index contributed by atoms with van der Waals surface area (Å²) in [5, 5.41) is 10.9. The van der Waals surface area contributed by atoms with E-state index in [0.29, 0.717) is 25.3 Å². The van der Waals surface area contributed by atoms with E-state index in [1.54, 1.807) is 6.20 Å². The van der Waals surface area contributed by atoms with Crippen LogP contribution >= 0.6 is 0 Å². The Labute approximate surface area is 152 Å². The van der Waals surface area contributed by atoms with Crippen LogP contribution in [0.1, 0.15) is 36.5 Å². The maximum absolute atomic E-state index is 12.9. The Kier molecular flexibility index (Phi) is 4.63. The molecule has 0 spiro atoms. The number of nitrogens with one attached hydrogen (secondary N) is 2. The number of hydrogen-bond acceptors (Lipinski definition) is 4. The number of rotatable bonds is 4. The van der Waals surface area contributed by atoms with E-state index in [4.69, 9.17) is 4.74 Å². The van der Waals surface area contributed by atoms with Crippen LogP contribution in [0.3, 0.4) is 0 Å². The van der Waals surface area contributed by atoms with Crippen molar-refractivity contribution >= 4 is 22.7 Å². The van der Waals surface area contributed by atoms with Crippen LogP contribution in [0.25, 0.3) is 10.9 Å². The number of aromatic amines is 1. The molecule has 7 nitrogen and oxygen atoms in total. The van der Waals surface area contributed by atoms with Crippen molar-refractivity contribution in [2.75, 3.05) is 19.7 Å². The zero-order valence-electron chi connectivity index (χ0n) is 14.9. The number of likely N-dealkylation sites (tertiary alicyclic amines) is 1. The van der Waals surface area contributed by atoms with Gasteiger partial charge >= 0.3 is 0 Å². The highest BCUT2D eigenvalue weighted by molar-refractivity contribution is 6.06. The quantitative estimate of drug-likeness (QED) is 0.873. The van der Waals surface area contributed by atoms with Crippen molar-refractivity contribution < 1.29 is 14.3 Å². The highest BCUT2D eigenvalue weighted by Gasteiger charge is 2.35. The van der Waals surface area contributed by atoms with Crippen LogP contribution < -0.4 is 5.32 Å². The topological polar surface area (TPSA) is 87.3 Å². The normalized spacial score (nSPS) is 25.7. The summed E-state index contributed by atoms with van der Waals surface area (Å²) in [6.07, 6.45) is 4.11. The molecule has 2 fully saturated rings. The molecule has 2 aromatic rings. The van der Waals surface area contributed by atoms with Crippen molar-refractivity contribution in [3.63, 3.8) is 0 Å². The van der Waals surface area contributed by atoms with E-state index in [2.05, 4.69) is 15.5 Å². The Morgan fingerprint density at radius 1 is 1.38 bits per heavy atom. The lowest BCUT2D eigenvalue weighted by Gasteiger charge is -2.20. The fraction of sp³-hybridized carbons (Fsp3) is 0.526. The summed E-state index contributed by atoms with van der Waals surface area (Å²) in [4.78, 5) is 27.3. The zero-order chi connectivity index (χ0) is 18.1. The SMILES string of the molecule is CC[C@@H]1OCC[C@H]1C(=O)NC1CCN(C(=O)c2cccc3[nH]ncc23)C1. The number of carbonyl (C=O) groups is 2. The van der Waals surface area contributed by atoms with Gasteiger partial charge in [0.15, 0.2) is 0 Å². The monoisotopic (exact) mass is 356 g/mol. The van der Waals surface area contributed by atoms with Crippen LogP contribution in [0.15, 0.2) is 24.4 Å². The molecular weight excluding hydrogens is 332 g/mol. The Balaban J connectivity index is 1.40. The third-order valence-corrected chi connectivity index (χ3v) is 5.49. The number of fused-ring (bicyclic) bond motifs is 1. The summed E-state index contributed by atoms with van der Waals surface area (Å²) < 4.78 is 5.62. The van der Waals surface area contributed by atoms with Crippen LogP contribution in [-0.4, -0.2) is 58.8 Å². The summed E-state index contributed by atoms with van der Waals surface area (Å²) in [6.45, 7) is 3.89. The van der Waals surface area contributed by atoms with Gasteiger partial charge in [-0.05, 0) is 31.4 Å². The maximum atomic E-state index is 12.9. The van der Waals surface area contributed by atoms with Gasteiger partial charge in [0.25, 0.3) is 5.91 Å². The van der Waals surface area contributed by atoms with E-state index in [1.165, 1.54) is 0 Å². The minimum Gasteiger partial charge on any atom is -0.377 e. The van der Waals surface area contributed by atoms with Crippen molar-refractivity contribution in [1.29, 1.82) is 0 Å². The molecule has 138 valence electrons. The third kappa shape index (κ3) is 3.07. The van der Waals surface area contributed by atoms with Crippen molar-refractivity contribution in [2.45, 2.75) is 38.3 Å². The minimum atomic E-state index is -0.0653. The summed E-state index contributed by atoms with van der Waals surface area (Å²) in [5.74, 6) is -0.0144. The van der Waals surface area contributed by atoms with Crippen LogP contribution in [0.2, 0.25) is 0 Å². The largest absolute Gasteiger partial charge is 0.377 e. The number of carbonyl (C=O) groups excluding carboxylic acids is 2. The molecule has 1 aromatic carbocycles. The molecule has 1 aromatic heterocycles. The summed E-state index contributed by atoms with van der Waals surface area (Å²) in [7, 11) is 0. The van der Waals surface area contributed by atoms with Gasteiger partial charge in [0.05, 0.1) is 29.3 Å². The molecule has 3 heterocycles. The number of nitrogens with zero attached hydrogens (tertiary/aromatic N) is 2. The molecule has 0 saturated carbocycles. The first kappa shape index (κ1) is 17.0. The van der Waals surface area contributed by atoms with Gasteiger partial charge in [0.2, 0.25) is 5.91 Å². The smallest absolute Gasteiger partial charge is 0.254 e. The molecule has 2 saturated heterocycles. The minimum absolute atomic E-state index is 0.00751. The molecular formula is C19H24N4O3. The summed E-state index contributed by atoms with van der Waals surface area (Å²) >= 11 is 0. The van der Waals surface area contributed by atoms with Gasteiger partial charge in [-0.25, -0.2) is 0 Å². The molecule has 3 atom stereocenters. The van der Waals surface area contributed by atoms with E-state index in [0.717, 1.165) is 30.2 Å². The van der Waals surface area contributed by atoms with E-state index < -0.39 is 0 Å². The molecule has 2 aliphatic rings. The van der Waals surface area contributed by atoms with Crippen molar-refractivity contribution in [2.24, 2.45) is 5.92 Å². The Morgan fingerprint density at radius 2 is 2.27 bits per heavy atom. The molecule has 0 radical (unpaired) electrons. The first-order valence-corrected chi connectivity index (χ1v) is 9.30. The maximum Gasteiger partial charge on any atom is 0.254 e. The summed E-state index contributed by atoms with van der Waals surface area (Å²) in [6, 6.07) is 5.59. The van der Waals surface area contributed by atoms with Crippen molar-refractivity contribution in [3.8, 4) is 0 Å². The van der Waals surface area contributed by atoms with Gasteiger partial charge in [-0.3, -0.25) is 14.7 Å². The molecule has 26 heavy (non-hydrogen) atoms. The molecule has 1 unspecified atom stereocenters. The number of hydrogen-bond donors (Lipinski definition) is 2. The van der Waals surface area contributed by atoms with Crippen LogP contribution in [0, 0.1) is 5.92 Å². The number of benzene rings is 1. The van der Waals surface area contributed by atoms with E-state index in [1.807, 2.05) is 30.0 Å². The van der Waals surface area contributed by atoms with Gasteiger partial charge in [0.1, 0.15) is 0 Å². The second-order valence-electron chi connectivity index (χ2n) is 7.09. The lowest BCUT2D eigenvalue weighted by atomic mass is 9.98. The Bertz CT molecular complexity index is 818. The second-order valence-corrected chi connectivity index (χ2v) is 7.09. The highest BCUT2D eigenvalue weighted by Crippen LogP contribution is 2.25. The lowest BCUT2D eigenvalue weighted by Crippen LogP contribution is -2.43. The highest BCUT2D eigenvalue weighted by atomic mass is 16.5. The molecule has 2 amide bonds. The molecule has 0 bridgehead atoms. The van der Waals surface area contributed by atoms with Crippen LogP contribution in [-0.2, 0) is 9.53 Å². The molecule has 7 heteroatoms. The van der Waals surface area contributed by atoms with E-state index in [-0.39, 0.29) is 29.9 Å². The Morgan fingerprint density at radius 3 is 3.12 bits per heavy atom. The van der Waals surface area contributed by atoms with Crippen molar-refractivity contribution in [3.05, 3.63) is 30.0 Å². The number of ether oxygens (including phenoxy) is 1. The van der Waals surface area contributed by atoms with Gasteiger partial charge in [-0.2, -0.15) is 5.10 Å². The third-order valence-electron chi connectivity index (χ3n) is 5.49. The van der Waals surface area contributed by atoms with E-state index >= 15 is 0 Å². The Hall–Kier alpha value is -2.41.